The van der Waals surface area contributed by atoms with Crippen LogP contribution in [0, 0.1) is 0 Å². The van der Waals surface area contributed by atoms with Gasteiger partial charge < -0.3 is 30.6 Å². The average Bonchev–Trinajstić information content (AvgIpc) is 2.68. The van der Waals surface area contributed by atoms with Crippen molar-refractivity contribution in [1.29, 1.82) is 0 Å². The first-order chi connectivity index (χ1) is 15.9. The van der Waals surface area contributed by atoms with Crippen LogP contribution in [-0.4, -0.2) is 128 Å². The second-order valence-corrected chi connectivity index (χ2v) is 7.39. The molecule has 0 bridgehead atoms. The van der Waals surface area contributed by atoms with Crippen LogP contribution in [0.4, 0.5) is 0 Å². The number of phenols is 1. The topological polar surface area (TPSA) is 216 Å². The molecule has 188 valence electrons. The van der Waals surface area contributed by atoms with Crippen molar-refractivity contribution < 1.29 is 54.6 Å². The zero-order valence-corrected chi connectivity index (χ0v) is 18.1. The van der Waals surface area contributed by atoms with Gasteiger partial charge >= 0.3 is 29.8 Å². The molecule has 1 aromatic rings. The number of aromatic hydroxyl groups is 1. The molecule has 0 aliphatic heterocycles. The van der Waals surface area contributed by atoms with Crippen molar-refractivity contribution in [2.24, 2.45) is 0 Å². The van der Waals surface area contributed by atoms with Gasteiger partial charge in [0.15, 0.2) is 0 Å². The first-order valence-corrected chi connectivity index (χ1v) is 9.94. The first-order valence-electron chi connectivity index (χ1n) is 9.94. The van der Waals surface area contributed by atoms with Gasteiger partial charge in [0.05, 0.1) is 38.8 Å². The number of carboxylic acid groups (broad SMARTS) is 5. The summed E-state index contributed by atoms with van der Waals surface area (Å²) >= 11 is 0. The molecule has 14 heteroatoms. The van der Waals surface area contributed by atoms with Crippen LogP contribution in [0.1, 0.15) is 11.6 Å². The summed E-state index contributed by atoms with van der Waals surface area (Å²) in [5.74, 6) is -6.80. The van der Waals surface area contributed by atoms with Crippen LogP contribution in [0.15, 0.2) is 24.3 Å². The molecule has 0 amide bonds. The van der Waals surface area contributed by atoms with Crippen LogP contribution in [0.5, 0.6) is 5.75 Å². The lowest BCUT2D eigenvalue weighted by Gasteiger charge is -2.34. The fraction of sp³-hybridized carbons (Fsp3) is 0.450. The Morgan fingerprint density at radius 3 is 1.50 bits per heavy atom. The minimum absolute atomic E-state index is 0.134. The first kappa shape index (κ1) is 28.3. The van der Waals surface area contributed by atoms with Crippen molar-refractivity contribution in [3.8, 4) is 5.75 Å². The molecule has 0 saturated carbocycles. The molecule has 0 radical (unpaired) electrons. The van der Waals surface area contributed by atoms with Gasteiger partial charge in [-0.25, -0.2) is 0 Å². The number of aliphatic carboxylic acids is 5. The highest BCUT2D eigenvalue weighted by Gasteiger charge is 2.29. The second kappa shape index (κ2) is 13.7. The summed E-state index contributed by atoms with van der Waals surface area (Å²) in [5, 5.41) is 56.1. The van der Waals surface area contributed by atoms with E-state index in [-0.39, 0.29) is 30.9 Å². The molecule has 0 aliphatic carbocycles. The van der Waals surface area contributed by atoms with Gasteiger partial charge in [-0.05, 0) is 6.07 Å². The number of carbonyl (C=O) groups is 5. The molecule has 1 rings (SSSR count). The van der Waals surface area contributed by atoms with Crippen molar-refractivity contribution >= 4 is 29.8 Å². The minimum Gasteiger partial charge on any atom is -0.508 e. The Morgan fingerprint density at radius 1 is 0.647 bits per heavy atom. The van der Waals surface area contributed by atoms with Crippen molar-refractivity contribution in [2.45, 2.75) is 6.04 Å². The Kier molecular flexibility index (Phi) is 11.4. The highest BCUT2D eigenvalue weighted by Crippen LogP contribution is 2.29. The van der Waals surface area contributed by atoms with Crippen LogP contribution in [0.3, 0.4) is 0 Å². The average molecular weight is 485 g/mol. The van der Waals surface area contributed by atoms with E-state index in [4.69, 9.17) is 10.2 Å². The number of benzene rings is 1. The van der Waals surface area contributed by atoms with E-state index < -0.39 is 68.6 Å². The number of carboxylic acids is 5. The molecular weight excluding hydrogens is 458 g/mol. The van der Waals surface area contributed by atoms with Crippen molar-refractivity contribution in [3.05, 3.63) is 29.8 Å². The highest BCUT2D eigenvalue weighted by atomic mass is 16.4. The molecule has 34 heavy (non-hydrogen) atoms. The zero-order valence-electron chi connectivity index (χ0n) is 18.1. The van der Waals surface area contributed by atoms with Gasteiger partial charge in [-0.2, -0.15) is 0 Å². The van der Waals surface area contributed by atoms with E-state index in [0.717, 1.165) is 9.80 Å². The molecule has 1 unspecified atom stereocenters. The molecule has 0 heterocycles. The SMILES string of the molecule is O=C(O)CN(CCN(CC(=O)O)CC(c1ccccc1O)N(CC(=O)O)CC(=O)O)CC(=O)O. The van der Waals surface area contributed by atoms with Gasteiger partial charge in [0, 0.05) is 25.2 Å². The summed E-state index contributed by atoms with van der Waals surface area (Å²) in [7, 11) is 0. The van der Waals surface area contributed by atoms with E-state index in [1.165, 1.54) is 29.2 Å². The molecular formula is C20H27N3O11. The molecule has 1 atom stereocenters. The van der Waals surface area contributed by atoms with Crippen LogP contribution in [0.2, 0.25) is 0 Å². The van der Waals surface area contributed by atoms with Crippen molar-refractivity contribution in [2.75, 3.05) is 52.4 Å². The number of phenolic OH excluding ortho intramolecular Hbond substituents is 1. The zero-order chi connectivity index (χ0) is 25.8. The summed E-state index contributed by atoms with van der Waals surface area (Å²) in [6, 6.07) is 4.71. The maximum Gasteiger partial charge on any atom is 0.317 e. The second-order valence-electron chi connectivity index (χ2n) is 7.39. The lowest BCUT2D eigenvalue weighted by molar-refractivity contribution is -0.144. The van der Waals surface area contributed by atoms with Gasteiger partial charge in [-0.15, -0.1) is 0 Å². The predicted molar refractivity (Wildman–Crippen MR) is 113 cm³/mol. The molecule has 1 aromatic carbocycles. The lowest BCUT2D eigenvalue weighted by Crippen LogP contribution is -2.47. The fourth-order valence-corrected chi connectivity index (χ4v) is 3.35. The summed E-state index contributed by atoms with van der Waals surface area (Å²) in [5.41, 5.74) is 0.160. The third kappa shape index (κ3) is 10.7. The van der Waals surface area contributed by atoms with E-state index in [9.17, 15) is 44.4 Å². The maximum absolute atomic E-state index is 11.4. The summed E-state index contributed by atoms with van der Waals surface area (Å²) < 4.78 is 0. The largest absolute Gasteiger partial charge is 0.508 e. The van der Waals surface area contributed by atoms with E-state index in [2.05, 4.69) is 0 Å². The van der Waals surface area contributed by atoms with Gasteiger partial charge in [-0.1, -0.05) is 18.2 Å². The summed E-state index contributed by atoms with van der Waals surface area (Å²) in [4.78, 5) is 59.6. The standard InChI is InChI=1S/C20H27N3O11/c24-15-4-2-1-3-13(15)14(23(11-19(31)32)12-20(33)34)7-21(8-16(25)26)5-6-22(9-17(27)28)10-18(29)30/h1-4,14,24H,5-12H2,(H,25,26)(H,27,28)(H,29,30)(H,31,32)(H,33,34). The fourth-order valence-electron chi connectivity index (χ4n) is 3.35. The summed E-state index contributed by atoms with van der Waals surface area (Å²) in [6.45, 7) is -3.81. The third-order valence-corrected chi connectivity index (χ3v) is 4.65. The highest BCUT2D eigenvalue weighted by molar-refractivity contribution is 5.73. The van der Waals surface area contributed by atoms with Crippen LogP contribution in [-0.2, 0) is 24.0 Å². The Bertz CT molecular complexity index is 860. The van der Waals surface area contributed by atoms with E-state index in [0.29, 0.717) is 0 Å². The Balaban J connectivity index is 3.27. The smallest absolute Gasteiger partial charge is 0.317 e. The van der Waals surface area contributed by atoms with Crippen LogP contribution >= 0.6 is 0 Å². The Morgan fingerprint density at radius 2 is 1.06 bits per heavy atom. The monoisotopic (exact) mass is 485 g/mol. The molecule has 0 aromatic heterocycles. The molecule has 0 saturated heterocycles. The molecule has 6 N–H and O–H groups in total. The minimum atomic E-state index is -1.35. The van der Waals surface area contributed by atoms with Gasteiger partial charge in [-0.3, -0.25) is 38.7 Å². The maximum atomic E-state index is 11.4. The number of rotatable bonds is 17. The van der Waals surface area contributed by atoms with Gasteiger partial charge in [0.1, 0.15) is 5.75 Å². The van der Waals surface area contributed by atoms with Gasteiger partial charge in [0.25, 0.3) is 0 Å². The number of hydrogen-bond acceptors (Lipinski definition) is 9. The van der Waals surface area contributed by atoms with E-state index in [1.54, 1.807) is 0 Å². The molecule has 0 aliphatic rings. The van der Waals surface area contributed by atoms with Crippen LogP contribution < -0.4 is 0 Å². The van der Waals surface area contributed by atoms with E-state index >= 15 is 0 Å². The Hall–Kier alpha value is -3.75. The number of para-hydroxylation sites is 1. The third-order valence-electron chi connectivity index (χ3n) is 4.65. The van der Waals surface area contributed by atoms with Crippen molar-refractivity contribution in [3.63, 3.8) is 0 Å². The number of nitrogens with zero attached hydrogens (tertiary/aromatic N) is 3. The van der Waals surface area contributed by atoms with Crippen LogP contribution in [0.25, 0.3) is 0 Å². The Labute approximate surface area is 193 Å². The predicted octanol–water partition coefficient (Wildman–Crippen LogP) is -1.24. The van der Waals surface area contributed by atoms with Gasteiger partial charge in [0.2, 0.25) is 0 Å². The quantitative estimate of drug-likeness (QED) is 0.152. The normalized spacial score (nSPS) is 12.1. The molecule has 0 fully saturated rings. The summed E-state index contributed by atoms with van der Waals surface area (Å²) in [6.07, 6.45) is 0. The molecule has 14 nitrogen and oxygen atoms in total. The lowest BCUT2D eigenvalue weighted by atomic mass is 10.0. The van der Waals surface area contributed by atoms with Crippen molar-refractivity contribution in [1.82, 2.24) is 14.7 Å². The molecule has 0 spiro atoms. The number of hydrogen-bond donors (Lipinski definition) is 6. The van der Waals surface area contributed by atoms with E-state index in [1.807, 2.05) is 0 Å².